The predicted octanol–water partition coefficient (Wildman–Crippen LogP) is 5.11. The molecule has 0 aromatic carbocycles. The standard InChI is InChI=1S/C18H31N/c1-6-10-15(5)19(17(8-3)9-4)18-13-11-16(7-2)12-14-18/h6,8,10-11,15,17-18H,3,7,9,12-14H2,1-2,4-5H3/b10-6-. The van der Waals surface area contributed by atoms with Gasteiger partial charge in [-0.05, 0) is 46.0 Å². The molecule has 0 amide bonds. The van der Waals surface area contributed by atoms with Gasteiger partial charge < -0.3 is 0 Å². The summed E-state index contributed by atoms with van der Waals surface area (Å²) in [5, 5.41) is 0. The quantitative estimate of drug-likeness (QED) is 0.576. The van der Waals surface area contributed by atoms with Crippen LogP contribution in [0.25, 0.3) is 0 Å². The van der Waals surface area contributed by atoms with Crippen LogP contribution in [0.4, 0.5) is 0 Å². The zero-order chi connectivity index (χ0) is 14.3. The van der Waals surface area contributed by atoms with Crippen molar-refractivity contribution in [1.82, 2.24) is 4.90 Å². The molecule has 0 fully saturated rings. The van der Waals surface area contributed by atoms with Crippen LogP contribution in [-0.2, 0) is 0 Å². The summed E-state index contributed by atoms with van der Waals surface area (Å²) in [5.74, 6) is 0. The Balaban J connectivity index is 2.85. The minimum atomic E-state index is 0.493. The summed E-state index contributed by atoms with van der Waals surface area (Å²) < 4.78 is 0. The number of rotatable bonds is 7. The van der Waals surface area contributed by atoms with E-state index in [2.05, 4.69) is 63.5 Å². The van der Waals surface area contributed by atoms with Crippen molar-refractivity contribution in [2.75, 3.05) is 0 Å². The lowest BCUT2D eigenvalue weighted by Crippen LogP contribution is -2.47. The van der Waals surface area contributed by atoms with E-state index in [1.807, 2.05) is 0 Å². The molecule has 0 saturated heterocycles. The molecule has 1 heteroatoms. The van der Waals surface area contributed by atoms with E-state index >= 15 is 0 Å². The molecule has 0 aliphatic heterocycles. The van der Waals surface area contributed by atoms with E-state index in [4.69, 9.17) is 0 Å². The van der Waals surface area contributed by atoms with E-state index in [-0.39, 0.29) is 0 Å². The van der Waals surface area contributed by atoms with Crippen molar-refractivity contribution in [3.63, 3.8) is 0 Å². The van der Waals surface area contributed by atoms with Gasteiger partial charge >= 0.3 is 0 Å². The summed E-state index contributed by atoms with van der Waals surface area (Å²) in [5.41, 5.74) is 1.64. The molecule has 0 radical (unpaired) electrons. The fourth-order valence-electron chi connectivity index (χ4n) is 3.25. The second-order valence-corrected chi connectivity index (χ2v) is 5.57. The first kappa shape index (κ1) is 16.2. The molecule has 1 aliphatic carbocycles. The molecule has 0 aromatic heterocycles. The molecule has 108 valence electrons. The SMILES string of the molecule is C=CC(CC)N(C(C)/C=C\C)C1CC=C(CC)CC1. The lowest BCUT2D eigenvalue weighted by Gasteiger charge is -2.41. The van der Waals surface area contributed by atoms with Crippen LogP contribution in [0.5, 0.6) is 0 Å². The molecule has 1 aliphatic rings. The fraction of sp³-hybridized carbons (Fsp3) is 0.667. The maximum Gasteiger partial charge on any atom is 0.0281 e. The number of hydrogen-bond donors (Lipinski definition) is 0. The Morgan fingerprint density at radius 2 is 2.21 bits per heavy atom. The number of allylic oxidation sites excluding steroid dienone is 2. The number of nitrogens with zero attached hydrogens (tertiary/aromatic N) is 1. The Hall–Kier alpha value is -0.820. The highest BCUT2D eigenvalue weighted by molar-refractivity contribution is 5.10. The van der Waals surface area contributed by atoms with Crippen LogP contribution in [0.15, 0.2) is 36.5 Å². The Kier molecular flexibility index (Phi) is 7.15. The molecule has 3 atom stereocenters. The topological polar surface area (TPSA) is 3.24 Å². The van der Waals surface area contributed by atoms with Crippen LogP contribution < -0.4 is 0 Å². The average molecular weight is 261 g/mol. The number of hydrogen-bond acceptors (Lipinski definition) is 1. The summed E-state index contributed by atoms with van der Waals surface area (Å²) in [7, 11) is 0. The van der Waals surface area contributed by atoms with Crippen LogP contribution in [0.3, 0.4) is 0 Å². The molecule has 0 spiro atoms. The molecule has 0 saturated carbocycles. The van der Waals surface area contributed by atoms with Crippen molar-refractivity contribution < 1.29 is 0 Å². The molecule has 3 unspecified atom stereocenters. The lowest BCUT2D eigenvalue weighted by atomic mass is 9.90. The van der Waals surface area contributed by atoms with Gasteiger partial charge in [-0.2, -0.15) is 0 Å². The normalized spacial score (nSPS) is 23.4. The average Bonchev–Trinajstić information content (AvgIpc) is 2.45. The van der Waals surface area contributed by atoms with Gasteiger partial charge in [0.15, 0.2) is 0 Å². The van der Waals surface area contributed by atoms with Gasteiger partial charge in [0.2, 0.25) is 0 Å². The van der Waals surface area contributed by atoms with E-state index in [9.17, 15) is 0 Å². The van der Waals surface area contributed by atoms with E-state index in [1.165, 1.54) is 25.7 Å². The molecule has 0 aromatic rings. The van der Waals surface area contributed by atoms with Gasteiger partial charge in [0, 0.05) is 18.1 Å². The molecule has 0 heterocycles. The Labute approximate surface area is 120 Å². The van der Waals surface area contributed by atoms with Crippen LogP contribution in [0.1, 0.15) is 59.8 Å². The van der Waals surface area contributed by atoms with Gasteiger partial charge in [-0.3, -0.25) is 4.90 Å². The van der Waals surface area contributed by atoms with Gasteiger partial charge in [0.05, 0.1) is 0 Å². The highest BCUT2D eigenvalue weighted by Gasteiger charge is 2.27. The summed E-state index contributed by atoms with van der Waals surface area (Å²) in [6.07, 6.45) is 15.2. The third kappa shape index (κ3) is 4.35. The Morgan fingerprint density at radius 1 is 1.47 bits per heavy atom. The Bertz CT molecular complexity index is 327. The summed E-state index contributed by atoms with van der Waals surface area (Å²) >= 11 is 0. The molecule has 19 heavy (non-hydrogen) atoms. The van der Waals surface area contributed by atoms with Crippen molar-refractivity contribution in [2.45, 2.75) is 77.9 Å². The molecular formula is C18H31N. The van der Waals surface area contributed by atoms with Crippen molar-refractivity contribution in [3.8, 4) is 0 Å². The van der Waals surface area contributed by atoms with Crippen molar-refractivity contribution >= 4 is 0 Å². The van der Waals surface area contributed by atoms with Gasteiger partial charge in [-0.15, -0.1) is 6.58 Å². The van der Waals surface area contributed by atoms with E-state index in [1.54, 1.807) is 5.57 Å². The van der Waals surface area contributed by atoms with E-state index in [0.29, 0.717) is 18.1 Å². The predicted molar refractivity (Wildman–Crippen MR) is 86.4 cm³/mol. The van der Waals surface area contributed by atoms with Gasteiger partial charge in [-0.1, -0.05) is 43.7 Å². The van der Waals surface area contributed by atoms with Crippen LogP contribution >= 0.6 is 0 Å². The van der Waals surface area contributed by atoms with E-state index in [0.717, 1.165) is 6.42 Å². The monoisotopic (exact) mass is 261 g/mol. The molecule has 0 bridgehead atoms. The first-order valence-corrected chi connectivity index (χ1v) is 7.88. The Morgan fingerprint density at radius 3 is 2.63 bits per heavy atom. The molecule has 1 nitrogen and oxygen atoms in total. The van der Waals surface area contributed by atoms with Crippen LogP contribution in [0.2, 0.25) is 0 Å². The van der Waals surface area contributed by atoms with E-state index < -0.39 is 0 Å². The van der Waals surface area contributed by atoms with Crippen LogP contribution in [0, 0.1) is 0 Å². The maximum absolute atomic E-state index is 4.04. The first-order chi connectivity index (χ1) is 9.17. The second-order valence-electron chi connectivity index (χ2n) is 5.57. The zero-order valence-electron chi connectivity index (χ0n) is 13.2. The summed E-state index contributed by atoms with van der Waals surface area (Å²) in [6.45, 7) is 13.0. The highest BCUT2D eigenvalue weighted by Crippen LogP contribution is 2.28. The van der Waals surface area contributed by atoms with Gasteiger partial charge in [-0.25, -0.2) is 0 Å². The van der Waals surface area contributed by atoms with Gasteiger partial charge in [0.1, 0.15) is 0 Å². The van der Waals surface area contributed by atoms with Crippen LogP contribution in [-0.4, -0.2) is 23.0 Å². The molecule has 1 rings (SSSR count). The summed E-state index contributed by atoms with van der Waals surface area (Å²) in [4.78, 5) is 2.66. The smallest absolute Gasteiger partial charge is 0.0281 e. The minimum absolute atomic E-state index is 0.493. The summed E-state index contributed by atoms with van der Waals surface area (Å²) in [6, 6.07) is 1.66. The largest absolute Gasteiger partial charge is 0.288 e. The van der Waals surface area contributed by atoms with Gasteiger partial charge in [0.25, 0.3) is 0 Å². The molecular weight excluding hydrogens is 230 g/mol. The highest BCUT2D eigenvalue weighted by atomic mass is 15.2. The first-order valence-electron chi connectivity index (χ1n) is 7.88. The molecule has 0 N–H and O–H groups in total. The van der Waals surface area contributed by atoms with Crippen molar-refractivity contribution in [3.05, 3.63) is 36.5 Å². The third-order valence-corrected chi connectivity index (χ3v) is 4.37. The lowest BCUT2D eigenvalue weighted by molar-refractivity contribution is 0.120. The second kappa shape index (κ2) is 8.37. The third-order valence-electron chi connectivity index (χ3n) is 4.37. The minimum Gasteiger partial charge on any atom is -0.288 e. The fourth-order valence-corrected chi connectivity index (χ4v) is 3.25. The van der Waals surface area contributed by atoms with Crippen molar-refractivity contribution in [2.24, 2.45) is 0 Å². The zero-order valence-corrected chi connectivity index (χ0v) is 13.2. The van der Waals surface area contributed by atoms with Crippen molar-refractivity contribution in [1.29, 1.82) is 0 Å². The maximum atomic E-state index is 4.04.